The third kappa shape index (κ3) is 3.20. The van der Waals surface area contributed by atoms with Crippen LogP contribution in [0.2, 0.25) is 0 Å². The molecule has 0 saturated carbocycles. The molecular formula is C36H24N2O2. The predicted octanol–water partition coefficient (Wildman–Crippen LogP) is 9.77. The zero-order valence-corrected chi connectivity index (χ0v) is 21.6. The van der Waals surface area contributed by atoms with E-state index in [1.165, 1.54) is 39.2 Å². The van der Waals surface area contributed by atoms with Crippen molar-refractivity contribution in [3.8, 4) is 11.1 Å². The Kier molecular flexibility index (Phi) is 4.41. The van der Waals surface area contributed by atoms with E-state index in [-0.39, 0.29) is 6.04 Å². The van der Waals surface area contributed by atoms with Gasteiger partial charge in [0.1, 0.15) is 22.3 Å². The van der Waals surface area contributed by atoms with E-state index < -0.39 is 0 Å². The molecule has 40 heavy (non-hydrogen) atoms. The van der Waals surface area contributed by atoms with Crippen LogP contribution in [0.25, 0.3) is 67.2 Å². The SMILES string of the molecule is C1=Cc2ccc3c(c2NC1)NC(c1cccc(-c2ccc4oc5cc6oc7ccccc7c6cc5c4c2)c1)C=C3. The summed E-state index contributed by atoms with van der Waals surface area (Å²) in [5.41, 5.74) is 11.8. The van der Waals surface area contributed by atoms with E-state index in [2.05, 4.69) is 108 Å². The van der Waals surface area contributed by atoms with Crippen LogP contribution in [0.4, 0.5) is 11.4 Å². The second kappa shape index (κ2) is 8.14. The zero-order valence-electron chi connectivity index (χ0n) is 21.6. The largest absolute Gasteiger partial charge is 0.456 e. The molecule has 1 unspecified atom stereocenters. The number of nitrogens with one attached hydrogen (secondary N) is 2. The van der Waals surface area contributed by atoms with Crippen molar-refractivity contribution in [1.82, 2.24) is 0 Å². The van der Waals surface area contributed by atoms with E-state index in [0.717, 1.165) is 50.4 Å². The Morgan fingerprint density at radius 2 is 1.35 bits per heavy atom. The normalized spacial score (nSPS) is 15.8. The molecule has 0 saturated heterocycles. The fraction of sp³-hybridized carbons (Fsp3) is 0.0556. The monoisotopic (exact) mass is 516 g/mol. The van der Waals surface area contributed by atoms with Crippen LogP contribution in [0.15, 0.2) is 112 Å². The second-order valence-corrected chi connectivity index (χ2v) is 10.6. The van der Waals surface area contributed by atoms with Crippen molar-refractivity contribution in [3.05, 3.63) is 120 Å². The number of para-hydroxylation sites is 1. The van der Waals surface area contributed by atoms with Crippen molar-refractivity contribution in [3.63, 3.8) is 0 Å². The molecule has 4 heteroatoms. The maximum absolute atomic E-state index is 6.26. The van der Waals surface area contributed by atoms with Crippen LogP contribution < -0.4 is 10.6 Å². The molecule has 4 nitrogen and oxygen atoms in total. The molecule has 0 radical (unpaired) electrons. The zero-order chi connectivity index (χ0) is 26.2. The number of hydrogen-bond donors (Lipinski definition) is 2. The Labute approximate surface area is 230 Å². The highest BCUT2D eigenvalue weighted by molar-refractivity contribution is 6.15. The van der Waals surface area contributed by atoms with E-state index in [1.807, 2.05) is 18.2 Å². The maximum Gasteiger partial charge on any atom is 0.139 e. The van der Waals surface area contributed by atoms with Gasteiger partial charge in [0.05, 0.1) is 17.4 Å². The Hall–Kier alpha value is -5.22. The predicted molar refractivity (Wildman–Crippen MR) is 166 cm³/mol. The summed E-state index contributed by atoms with van der Waals surface area (Å²) in [4.78, 5) is 0. The number of rotatable bonds is 2. The molecule has 9 rings (SSSR count). The summed E-state index contributed by atoms with van der Waals surface area (Å²) < 4.78 is 12.3. The summed E-state index contributed by atoms with van der Waals surface area (Å²) in [7, 11) is 0. The smallest absolute Gasteiger partial charge is 0.139 e. The van der Waals surface area contributed by atoms with Gasteiger partial charge >= 0.3 is 0 Å². The van der Waals surface area contributed by atoms with E-state index in [4.69, 9.17) is 8.83 Å². The van der Waals surface area contributed by atoms with Gasteiger partial charge in [-0.2, -0.15) is 0 Å². The lowest BCUT2D eigenvalue weighted by Gasteiger charge is -2.27. The lowest BCUT2D eigenvalue weighted by Crippen LogP contribution is -2.16. The van der Waals surface area contributed by atoms with Gasteiger partial charge in [0.25, 0.3) is 0 Å². The molecule has 2 aromatic heterocycles. The molecule has 190 valence electrons. The average Bonchev–Trinajstić information content (AvgIpc) is 3.56. The summed E-state index contributed by atoms with van der Waals surface area (Å²) in [6.07, 6.45) is 8.83. The molecule has 2 aliphatic heterocycles. The summed E-state index contributed by atoms with van der Waals surface area (Å²) in [6.45, 7) is 0.850. The van der Waals surface area contributed by atoms with E-state index in [9.17, 15) is 0 Å². The molecule has 0 bridgehead atoms. The van der Waals surface area contributed by atoms with Gasteiger partial charge in [-0.25, -0.2) is 0 Å². The number of anilines is 2. The molecule has 0 fully saturated rings. The number of hydrogen-bond acceptors (Lipinski definition) is 4. The first kappa shape index (κ1) is 21.7. The van der Waals surface area contributed by atoms with Crippen LogP contribution in [-0.4, -0.2) is 6.54 Å². The first-order chi connectivity index (χ1) is 19.8. The molecule has 1 atom stereocenters. The topological polar surface area (TPSA) is 50.3 Å². The quantitative estimate of drug-likeness (QED) is 0.240. The number of fused-ring (bicyclic) bond motifs is 9. The molecular weight excluding hydrogens is 492 g/mol. The average molecular weight is 517 g/mol. The molecule has 2 aliphatic rings. The lowest BCUT2D eigenvalue weighted by atomic mass is 9.94. The van der Waals surface area contributed by atoms with Crippen LogP contribution in [-0.2, 0) is 0 Å². The Morgan fingerprint density at radius 1 is 0.575 bits per heavy atom. The Balaban J connectivity index is 1.12. The number of furan rings is 2. The molecule has 4 heterocycles. The summed E-state index contributed by atoms with van der Waals surface area (Å²) in [6, 6.07) is 32.2. The Bertz CT molecular complexity index is 2210. The van der Waals surface area contributed by atoms with E-state index in [1.54, 1.807) is 0 Å². The van der Waals surface area contributed by atoms with Crippen molar-refractivity contribution < 1.29 is 8.83 Å². The highest BCUT2D eigenvalue weighted by atomic mass is 16.3. The van der Waals surface area contributed by atoms with Gasteiger partial charge in [0.15, 0.2) is 0 Å². The third-order valence-electron chi connectivity index (χ3n) is 8.28. The minimum absolute atomic E-state index is 0.0906. The van der Waals surface area contributed by atoms with Gasteiger partial charge in [0, 0.05) is 34.2 Å². The van der Waals surface area contributed by atoms with Crippen molar-refractivity contribution in [1.29, 1.82) is 0 Å². The van der Waals surface area contributed by atoms with Crippen LogP contribution in [0.3, 0.4) is 0 Å². The third-order valence-corrected chi connectivity index (χ3v) is 8.28. The van der Waals surface area contributed by atoms with Crippen molar-refractivity contribution >= 4 is 67.4 Å². The molecule has 0 amide bonds. The fourth-order valence-corrected chi connectivity index (χ4v) is 6.29. The molecule has 2 N–H and O–H groups in total. The van der Waals surface area contributed by atoms with Crippen molar-refractivity contribution in [2.45, 2.75) is 6.04 Å². The van der Waals surface area contributed by atoms with Gasteiger partial charge in [0.2, 0.25) is 0 Å². The van der Waals surface area contributed by atoms with Gasteiger partial charge in [-0.3, -0.25) is 0 Å². The number of benzene rings is 5. The van der Waals surface area contributed by atoms with Crippen LogP contribution in [0, 0.1) is 0 Å². The minimum Gasteiger partial charge on any atom is -0.456 e. The van der Waals surface area contributed by atoms with Gasteiger partial charge in [-0.15, -0.1) is 0 Å². The standard InChI is InChI=1S/C36H24N2O2/c1-2-9-31-26(8-1)28-19-29-27-18-24(13-15-32(27)40-34(29)20-33(28)39-31)23-5-3-6-25(17-23)30-14-12-22-11-10-21-7-4-16-37-35(21)36(22)38-30/h1-15,17-20,30,37-38H,16H2. The van der Waals surface area contributed by atoms with Crippen LogP contribution in [0.1, 0.15) is 22.7 Å². The van der Waals surface area contributed by atoms with Crippen molar-refractivity contribution in [2.24, 2.45) is 0 Å². The second-order valence-electron chi connectivity index (χ2n) is 10.6. The lowest BCUT2D eigenvalue weighted by molar-refractivity contribution is 0.656. The van der Waals surface area contributed by atoms with Crippen LogP contribution in [0.5, 0.6) is 0 Å². The summed E-state index contributed by atoms with van der Waals surface area (Å²) in [5.74, 6) is 0. The first-order valence-electron chi connectivity index (χ1n) is 13.7. The van der Waals surface area contributed by atoms with Crippen molar-refractivity contribution in [2.75, 3.05) is 17.2 Å². The highest BCUT2D eigenvalue weighted by Gasteiger charge is 2.20. The molecule has 0 aliphatic carbocycles. The van der Waals surface area contributed by atoms with Crippen LogP contribution >= 0.6 is 0 Å². The molecule has 5 aromatic carbocycles. The molecule has 7 aromatic rings. The van der Waals surface area contributed by atoms with E-state index >= 15 is 0 Å². The van der Waals surface area contributed by atoms with E-state index in [0.29, 0.717) is 0 Å². The Morgan fingerprint density at radius 3 is 2.27 bits per heavy atom. The highest BCUT2D eigenvalue weighted by Crippen LogP contribution is 2.41. The fourth-order valence-electron chi connectivity index (χ4n) is 6.29. The van der Waals surface area contributed by atoms with Gasteiger partial charge in [-0.1, -0.05) is 78.9 Å². The maximum atomic E-state index is 6.26. The van der Waals surface area contributed by atoms with Gasteiger partial charge in [-0.05, 0) is 58.1 Å². The van der Waals surface area contributed by atoms with Gasteiger partial charge < -0.3 is 19.5 Å². The first-order valence-corrected chi connectivity index (χ1v) is 13.7. The molecule has 0 spiro atoms. The summed E-state index contributed by atoms with van der Waals surface area (Å²) in [5, 5.41) is 11.8. The summed E-state index contributed by atoms with van der Waals surface area (Å²) >= 11 is 0. The minimum atomic E-state index is 0.0906.